The molecule has 1 aromatic carbocycles. The highest BCUT2D eigenvalue weighted by Gasteiger charge is 2.41. The van der Waals surface area contributed by atoms with Crippen LogP contribution in [0.3, 0.4) is 0 Å². The fourth-order valence-corrected chi connectivity index (χ4v) is 3.80. The summed E-state index contributed by atoms with van der Waals surface area (Å²) in [6, 6.07) is 8.55. The van der Waals surface area contributed by atoms with Crippen LogP contribution in [0.5, 0.6) is 0 Å². The summed E-state index contributed by atoms with van der Waals surface area (Å²) >= 11 is 1.02. The minimum atomic E-state index is -1.11. The first-order chi connectivity index (χ1) is 11.9. The second-order valence-electron chi connectivity index (χ2n) is 5.83. The van der Waals surface area contributed by atoms with E-state index < -0.39 is 11.2 Å². The van der Waals surface area contributed by atoms with Crippen LogP contribution in [0.15, 0.2) is 41.6 Å². The highest BCUT2D eigenvalue weighted by Crippen LogP contribution is 2.35. The molecule has 1 atom stereocenters. The van der Waals surface area contributed by atoms with Gasteiger partial charge < -0.3 is 5.11 Å². The summed E-state index contributed by atoms with van der Waals surface area (Å²) in [6.45, 7) is 3.74. The number of carboxylic acid groups (broad SMARTS) is 1. The largest absolute Gasteiger partial charge is 0.478 e. The number of nitrogens with zero attached hydrogens (tertiary/aromatic N) is 2. The molecular weight excluding hydrogens is 340 g/mol. The third kappa shape index (κ3) is 3.28. The molecule has 0 spiro atoms. The van der Waals surface area contributed by atoms with Gasteiger partial charge in [-0.1, -0.05) is 23.9 Å². The van der Waals surface area contributed by atoms with Crippen LogP contribution in [0.4, 0.5) is 5.69 Å². The van der Waals surface area contributed by atoms with Gasteiger partial charge in [0.1, 0.15) is 5.03 Å². The summed E-state index contributed by atoms with van der Waals surface area (Å²) in [5.41, 5.74) is 2.40. The van der Waals surface area contributed by atoms with Crippen LogP contribution < -0.4 is 4.90 Å². The van der Waals surface area contributed by atoms with Crippen LogP contribution in [-0.2, 0) is 9.59 Å². The lowest BCUT2D eigenvalue weighted by molar-refractivity contribution is -0.121. The number of imide groups is 1. The SMILES string of the molecule is Cc1ccc(C)c(N2C(=O)C[C@@H](Sc3ncccc3C(=O)O)C2=O)c1. The van der Waals surface area contributed by atoms with Crippen molar-refractivity contribution in [1.29, 1.82) is 0 Å². The molecule has 1 fully saturated rings. The van der Waals surface area contributed by atoms with E-state index in [0.717, 1.165) is 22.9 Å². The van der Waals surface area contributed by atoms with Gasteiger partial charge in [0.05, 0.1) is 16.5 Å². The maximum atomic E-state index is 12.8. The minimum Gasteiger partial charge on any atom is -0.478 e. The Bertz CT molecular complexity index is 881. The van der Waals surface area contributed by atoms with Crippen molar-refractivity contribution >= 4 is 35.2 Å². The van der Waals surface area contributed by atoms with Crippen LogP contribution in [0.25, 0.3) is 0 Å². The number of carbonyl (C=O) groups is 3. The van der Waals surface area contributed by atoms with Gasteiger partial charge in [-0.05, 0) is 43.2 Å². The lowest BCUT2D eigenvalue weighted by atomic mass is 10.1. The fourth-order valence-electron chi connectivity index (χ4n) is 2.69. The van der Waals surface area contributed by atoms with Crippen LogP contribution in [0.2, 0.25) is 0 Å². The highest BCUT2D eigenvalue weighted by atomic mass is 32.2. The first kappa shape index (κ1) is 17.2. The molecule has 3 rings (SSSR count). The molecule has 1 N–H and O–H groups in total. The number of pyridine rings is 1. The summed E-state index contributed by atoms with van der Waals surface area (Å²) in [7, 11) is 0. The van der Waals surface area contributed by atoms with E-state index in [1.54, 1.807) is 0 Å². The standard InChI is InChI=1S/C18H16N2O4S/c1-10-5-6-11(2)13(8-10)20-15(21)9-14(17(20)22)25-16-12(18(23)24)4-3-7-19-16/h3-8,14H,9H2,1-2H3,(H,23,24)/t14-/m1/s1. The molecule has 1 aliphatic heterocycles. The zero-order chi connectivity index (χ0) is 18.1. The molecule has 0 radical (unpaired) electrons. The van der Waals surface area contributed by atoms with Crippen LogP contribution >= 0.6 is 11.8 Å². The van der Waals surface area contributed by atoms with Gasteiger partial charge in [-0.2, -0.15) is 0 Å². The first-order valence-electron chi connectivity index (χ1n) is 7.67. The number of benzene rings is 1. The van der Waals surface area contributed by atoms with Crippen molar-refractivity contribution in [2.45, 2.75) is 30.5 Å². The molecule has 0 saturated carbocycles. The quantitative estimate of drug-likeness (QED) is 0.848. The average Bonchev–Trinajstić information content (AvgIpc) is 2.84. The Hall–Kier alpha value is -2.67. The third-order valence-electron chi connectivity index (χ3n) is 3.97. The number of hydrogen-bond donors (Lipinski definition) is 1. The molecule has 2 aromatic rings. The normalized spacial score (nSPS) is 17.2. The summed E-state index contributed by atoms with van der Waals surface area (Å²) in [4.78, 5) is 41.7. The first-order valence-corrected chi connectivity index (χ1v) is 8.55. The van der Waals surface area contributed by atoms with Gasteiger partial charge in [0, 0.05) is 12.6 Å². The summed E-state index contributed by atoms with van der Waals surface area (Å²) in [5, 5.41) is 8.80. The second-order valence-corrected chi connectivity index (χ2v) is 7.02. The zero-order valence-corrected chi connectivity index (χ0v) is 14.5. The second kappa shape index (κ2) is 6.68. The topological polar surface area (TPSA) is 87.6 Å². The molecule has 7 heteroatoms. The van der Waals surface area contributed by atoms with E-state index >= 15 is 0 Å². The zero-order valence-electron chi connectivity index (χ0n) is 13.7. The summed E-state index contributed by atoms with van der Waals surface area (Å²) < 4.78 is 0. The van der Waals surface area contributed by atoms with Crippen molar-refractivity contribution in [1.82, 2.24) is 4.98 Å². The molecule has 0 unspecified atom stereocenters. The Morgan fingerprint density at radius 1 is 1.28 bits per heavy atom. The van der Waals surface area contributed by atoms with Crippen molar-refractivity contribution in [3.63, 3.8) is 0 Å². The number of aryl methyl sites for hydroxylation is 2. The van der Waals surface area contributed by atoms with Gasteiger partial charge in [-0.15, -0.1) is 0 Å². The van der Waals surface area contributed by atoms with E-state index in [1.165, 1.54) is 23.2 Å². The molecule has 0 bridgehead atoms. The summed E-state index contributed by atoms with van der Waals surface area (Å²) in [5.74, 6) is -1.74. The van der Waals surface area contributed by atoms with E-state index in [0.29, 0.717) is 5.69 Å². The van der Waals surface area contributed by atoms with Gasteiger partial charge in [-0.3, -0.25) is 9.59 Å². The van der Waals surface area contributed by atoms with E-state index in [2.05, 4.69) is 4.98 Å². The Morgan fingerprint density at radius 2 is 2.04 bits per heavy atom. The van der Waals surface area contributed by atoms with Crippen LogP contribution in [-0.4, -0.2) is 33.1 Å². The van der Waals surface area contributed by atoms with Crippen molar-refractivity contribution in [3.05, 3.63) is 53.2 Å². The Morgan fingerprint density at radius 3 is 2.76 bits per heavy atom. The number of aromatic nitrogens is 1. The number of carboxylic acids is 1. The van der Waals surface area contributed by atoms with Gasteiger partial charge >= 0.3 is 5.97 Å². The number of carbonyl (C=O) groups excluding carboxylic acids is 2. The monoisotopic (exact) mass is 356 g/mol. The average molecular weight is 356 g/mol. The molecule has 1 saturated heterocycles. The van der Waals surface area contributed by atoms with Crippen LogP contribution in [0, 0.1) is 13.8 Å². The predicted octanol–water partition coefficient (Wildman–Crippen LogP) is 2.82. The van der Waals surface area contributed by atoms with Gasteiger partial charge in [0.25, 0.3) is 0 Å². The number of amides is 2. The van der Waals surface area contributed by atoms with Crippen LogP contribution in [0.1, 0.15) is 27.9 Å². The molecular formula is C18H16N2O4S. The molecule has 128 valence electrons. The van der Waals surface area contributed by atoms with E-state index in [1.807, 2.05) is 32.0 Å². The van der Waals surface area contributed by atoms with E-state index in [9.17, 15) is 19.5 Å². The van der Waals surface area contributed by atoms with Gasteiger partial charge in [0.2, 0.25) is 11.8 Å². The number of aromatic carboxylic acids is 1. The fraction of sp³-hybridized carbons (Fsp3) is 0.222. The molecule has 1 aliphatic rings. The maximum absolute atomic E-state index is 12.8. The lowest BCUT2D eigenvalue weighted by Gasteiger charge is -2.18. The number of hydrogen-bond acceptors (Lipinski definition) is 5. The smallest absolute Gasteiger partial charge is 0.338 e. The predicted molar refractivity (Wildman–Crippen MR) is 93.9 cm³/mol. The third-order valence-corrected chi connectivity index (χ3v) is 5.17. The Labute approximate surface area is 148 Å². The van der Waals surface area contributed by atoms with E-state index in [-0.39, 0.29) is 28.8 Å². The van der Waals surface area contributed by atoms with Gasteiger partial charge in [0.15, 0.2) is 0 Å². The van der Waals surface area contributed by atoms with E-state index in [4.69, 9.17) is 0 Å². The Balaban J connectivity index is 1.90. The molecule has 6 nitrogen and oxygen atoms in total. The molecule has 2 amide bonds. The Kier molecular flexibility index (Phi) is 4.59. The number of thioether (sulfide) groups is 1. The molecule has 0 aliphatic carbocycles. The molecule has 2 heterocycles. The molecule has 1 aromatic heterocycles. The number of anilines is 1. The minimum absolute atomic E-state index is 0.0204. The van der Waals surface area contributed by atoms with Crippen molar-refractivity contribution in [2.75, 3.05) is 4.90 Å². The van der Waals surface area contributed by atoms with Crippen molar-refractivity contribution in [3.8, 4) is 0 Å². The van der Waals surface area contributed by atoms with Crippen molar-refractivity contribution in [2.24, 2.45) is 0 Å². The molecule has 25 heavy (non-hydrogen) atoms. The lowest BCUT2D eigenvalue weighted by Crippen LogP contribution is -2.31. The van der Waals surface area contributed by atoms with Gasteiger partial charge in [-0.25, -0.2) is 14.7 Å². The highest BCUT2D eigenvalue weighted by molar-refractivity contribution is 8.00. The summed E-state index contributed by atoms with van der Waals surface area (Å²) in [6.07, 6.45) is 1.49. The number of rotatable bonds is 4. The van der Waals surface area contributed by atoms with Crippen molar-refractivity contribution < 1.29 is 19.5 Å². The maximum Gasteiger partial charge on any atom is 0.338 e.